The van der Waals surface area contributed by atoms with Gasteiger partial charge in [-0.15, -0.1) is 0 Å². The van der Waals surface area contributed by atoms with Crippen molar-refractivity contribution >= 4 is 55.4 Å². The van der Waals surface area contributed by atoms with E-state index in [4.69, 9.17) is 16.0 Å². The molecular weight excluding hydrogens is 476 g/mol. The number of hydrogen-bond acceptors (Lipinski definition) is 6. The van der Waals surface area contributed by atoms with E-state index in [9.17, 15) is 22.9 Å². The summed E-state index contributed by atoms with van der Waals surface area (Å²) in [6.45, 7) is 0. The summed E-state index contributed by atoms with van der Waals surface area (Å²) in [7, 11) is -4.19. The monoisotopic (exact) mass is 490 g/mol. The van der Waals surface area contributed by atoms with Gasteiger partial charge in [-0.05, 0) is 18.2 Å². The number of carboxylic acid groups (broad SMARTS) is 1. The SMILES string of the molecule is O=C(O)c1ccccc1C[S+]([O-])c1ncc(Cl)cc1NS(=O)(=O)c1cc2ccccc2o1. The molecule has 164 valence electrons. The maximum absolute atomic E-state index is 13.0. The van der Waals surface area contributed by atoms with E-state index in [1.54, 1.807) is 36.4 Å². The first-order chi connectivity index (χ1) is 15.2. The Balaban J connectivity index is 1.67. The van der Waals surface area contributed by atoms with Crippen molar-refractivity contribution in [1.82, 2.24) is 4.98 Å². The molecule has 0 aliphatic rings. The molecule has 0 aliphatic heterocycles. The predicted octanol–water partition coefficient (Wildman–Crippen LogP) is 4.29. The van der Waals surface area contributed by atoms with Gasteiger partial charge in [0.25, 0.3) is 15.0 Å². The number of halogens is 1. The predicted molar refractivity (Wildman–Crippen MR) is 120 cm³/mol. The first-order valence-corrected chi connectivity index (χ1v) is 12.3. The third-order valence-electron chi connectivity index (χ3n) is 4.48. The van der Waals surface area contributed by atoms with E-state index in [-0.39, 0.29) is 32.1 Å². The van der Waals surface area contributed by atoms with Crippen LogP contribution in [0.2, 0.25) is 5.02 Å². The molecule has 0 radical (unpaired) electrons. The number of nitrogens with zero attached hydrogens (tertiary/aromatic N) is 1. The van der Waals surface area contributed by atoms with E-state index in [1.807, 2.05) is 0 Å². The van der Waals surface area contributed by atoms with Crippen molar-refractivity contribution in [2.75, 3.05) is 4.72 Å². The quantitative estimate of drug-likeness (QED) is 0.369. The van der Waals surface area contributed by atoms with E-state index >= 15 is 0 Å². The smallest absolute Gasteiger partial charge is 0.336 e. The molecule has 0 fully saturated rings. The van der Waals surface area contributed by atoms with Crippen molar-refractivity contribution in [3.05, 3.63) is 83.0 Å². The highest BCUT2D eigenvalue weighted by atomic mass is 35.5. The van der Waals surface area contributed by atoms with Crippen LogP contribution in [0.4, 0.5) is 5.69 Å². The van der Waals surface area contributed by atoms with Gasteiger partial charge in [0.1, 0.15) is 17.0 Å². The molecule has 0 aliphatic carbocycles. The summed E-state index contributed by atoms with van der Waals surface area (Å²) in [5, 5.41) is 9.66. The molecule has 4 rings (SSSR count). The second kappa shape index (κ2) is 8.83. The number of fused-ring (bicyclic) bond motifs is 1. The third kappa shape index (κ3) is 4.58. The van der Waals surface area contributed by atoms with Crippen molar-refractivity contribution in [2.24, 2.45) is 0 Å². The largest absolute Gasteiger partial charge is 0.610 e. The fraction of sp³-hybridized carbons (Fsp3) is 0.0476. The van der Waals surface area contributed by atoms with E-state index < -0.39 is 27.2 Å². The summed E-state index contributed by atoms with van der Waals surface area (Å²) in [6.07, 6.45) is 1.23. The number of hydrogen-bond donors (Lipinski definition) is 2. The highest BCUT2D eigenvalue weighted by Crippen LogP contribution is 2.30. The summed E-state index contributed by atoms with van der Waals surface area (Å²) >= 11 is 4.11. The molecule has 1 atom stereocenters. The zero-order valence-corrected chi connectivity index (χ0v) is 18.6. The van der Waals surface area contributed by atoms with Gasteiger partial charge in [0.15, 0.2) is 0 Å². The summed E-state index contributed by atoms with van der Waals surface area (Å²) in [5.74, 6) is -1.34. The van der Waals surface area contributed by atoms with Gasteiger partial charge in [0, 0.05) is 28.2 Å². The molecule has 0 bridgehead atoms. The van der Waals surface area contributed by atoms with Gasteiger partial charge in [0.2, 0.25) is 5.09 Å². The van der Waals surface area contributed by atoms with Crippen LogP contribution in [0.25, 0.3) is 11.0 Å². The van der Waals surface area contributed by atoms with Crippen molar-refractivity contribution < 1.29 is 27.3 Å². The number of aromatic carboxylic acids is 1. The highest BCUT2D eigenvalue weighted by Gasteiger charge is 2.27. The Bertz CT molecular complexity index is 1390. The Morgan fingerprint density at radius 3 is 2.62 bits per heavy atom. The number of para-hydroxylation sites is 1. The Morgan fingerprint density at radius 2 is 1.88 bits per heavy atom. The fourth-order valence-corrected chi connectivity index (χ4v) is 5.48. The van der Waals surface area contributed by atoms with E-state index in [2.05, 4.69) is 9.71 Å². The molecule has 2 aromatic carbocycles. The number of furan rings is 1. The Morgan fingerprint density at radius 1 is 1.16 bits per heavy atom. The average molecular weight is 491 g/mol. The Kier molecular flexibility index (Phi) is 6.11. The standard InChI is InChI=1S/C21H15ClN2O6S2/c22-15-10-17(24-32(28,29)19-9-13-5-2-4-8-18(13)30-19)20(23-11-15)31(27)12-14-6-1-3-7-16(14)21(25)26/h1-11,24H,12H2,(H,25,26). The van der Waals surface area contributed by atoms with Gasteiger partial charge >= 0.3 is 5.97 Å². The van der Waals surface area contributed by atoms with Crippen molar-refractivity contribution in [2.45, 2.75) is 15.9 Å². The number of benzene rings is 2. The van der Waals surface area contributed by atoms with Crippen LogP contribution in [0.1, 0.15) is 15.9 Å². The number of anilines is 1. The van der Waals surface area contributed by atoms with E-state index in [1.165, 1.54) is 30.5 Å². The molecule has 8 nitrogen and oxygen atoms in total. The average Bonchev–Trinajstić information content (AvgIpc) is 3.19. The number of sulfonamides is 1. The minimum Gasteiger partial charge on any atom is -0.610 e. The molecule has 0 amide bonds. The summed E-state index contributed by atoms with van der Waals surface area (Å²) < 4.78 is 46.6. The Labute approximate surface area is 191 Å². The zero-order chi connectivity index (χ0) is 22.9. The second-order valence-electron chi connectivity index (χ2n) is 6.67. The molecule has 1 unspecified atom stereocenters. The molecule has 2 N–H and O–H groups in total. The molecule has 0 saturated carbocycles. The molecule has 2 heterocycles. The lowest BCUT2D eigenvalue weighted by atomic mass is 10.1. The fourth-order valence-electron chi connectivity index (χ4n) is 3.03. The number of carbonyl (C=O) groups is 1. The van der Waals surface area contributed by atoms with Crippen LogP contribution >= 0.6 is 11.6 Å². The van der Waals surface area contributed by atoms with Crippen LogP contribution in [-0.2, 0) is 27.0 Å². The molecule has 0 spiro atoms. The van der Waals surface area contributed by atoms with Gasteiger partial charge < -0.3 is 14.1 Å². The third-order valence-corrected chi connectivity index (χ3v) is 7.24. The molecule has 32 heavy (non-hydrogen) atoms. The van der Waals surface area contributed by atoms with Crippen LogP contribution in [-0.4, -0.2) is 29.0 Å². The van der Waals surface area contributed by atoms with Crippen LogP contribution in [0, 0.1) is 0 Å². The van der Waals surface area contributed by atoms with Crippen LogP contribution < -0.4 is 4.72 Å². The lowest BCUT2D eigenvalue weighted by Gasteiger charge is -2.15. The van der Waals surface area contributed by atoms with Crippen molar-refractivity contribution in [1.29, 1.82) is 0 Å². The number of rotatable bonds is 7. The number of nitrogens with one attached hydrogen (secondary N) is 1. The van der Waals surface area contributed by atoms with Crippen LogP contribution in [0.5, 0.6) is 0 Å². The van der Waals surface area contributed by atoms with E-state index in [0.29, 0.717) is 16.5 Å². The molecular formula is C21H15ClN2O6S2. The first-order valence-electron chi connectivity index (χ1n) is 9.11. The maximum Gasteiger partial charge on any atom is 0.336 e. The molecule has 2 aromatic heterocycles. The topological polar surface area (TPSA) is 133 Å². The number of aromatic nitrogens is 1. The van der Waals surface area contributed by atoms with Gasteiger partial charge in [-0.3, -0.25) is 4.72 Å². The van der Waals surface area contributed by atoms with Gasteiger partial charge in [-0.2, -0.15) is 8.42 Å². The minimum atomic E-state index is -4.19. The lowest BCUT2D eigenvalue weighted by molar-refractivity contribution is 0.0696. The number of carboxylic acids is 1. The van der Waals surface area contributed by atoms with Crippen LogP contribution in [0.15, 0.2) is 81.4 Å². The zero-order valence-electron chi connectivity index (χ0n) is 16.2. The van der Waals surface area contributed by atoms with Crippen molar-refractivity contribution in [3.63, 3.8) is 0 Å². The molecule has 4 aromatic rings. The van der Waals surface area contributed by atoms with Gasteiger partial charge in [-0.25, -0.2) is 9.78 Å². The van der Waals surface area contributed by atoms with Gasteiger partial charge in [-0.1, -0.05) is 48.0 Å². The highest BCUT2D eigenvalue weighted by molar-refractivity contribution is 7.93. The number of pyridine rings is 1. The van der Waals surface area contributed by atoms with E-state index in [0.717, 1.165) is 0 Å². The minimum absolute atomic E-state index is 0.000722. The molecule has 11 heteroatoms. The van der Waals surface area contributed by atoms with Gasteiger partial charge in [0.05, 0.1) is 16.8 Å². The Hall–Kier alpha value is -3.05. The summed E-state index contributed by atoms with van der Waals surface area (Å²) in [5.41, 5.74) is 0.621. The maximum atomic E-state index is 13.0. The first kappa shape index (κ1) is 22.2. The normalized spacial score (nSPS) is 12.6. The molecule has 0 saturated heterocycles. The second-order valence-corrected chi connectivity index (χ2v) is 10.1. The van der Waals surface area contributed by atoms with Crippen molar-refractivity contribution in [3.8, 4) is 0 Å². The lowest BCUT2D eigenvalue weighted by Crippen LogP contribution is -2.17. The van der Waals surface area contributed by atoms with Crippen LogP contribution in [0.3, 0.4) is 0 Å². The summed E-state index contributed by atoms with van der Waals surface area (Å²) in [4.78, 5) is 15.5. The summed E-state index contributed by atoms with van der Waals surface area (Å²) in [6, 6.07) is 15.6.